The minimum absolute atomic E-state index is 0.0481. The van der Waals surface area contributed by atoms with E-state index in [1.165, 1.54) is 5.56 Å². The molecule has 1 saturated heterocycles. The Labute approximate surface area is 200 Å². The van der Waals surface area contributed by atoms with Crippen molar-refractivity contribution in [3.05, 3.63) is 47.0 Å². The van der Waals surface area contributed by atoms with Gasteiger partial charge in [0, 0.05) is 23.2 Å². The Balaban J connectivity index is 1.46. The van der Waals surface area contributed by atoms with Crippen molar-refractivity contribution in [3.63, 3.8) is 0 Å². The molecule has 1 aliphatic heterocycles. The monoisotopic (exact) mass is 473 g/mol. The zero-order valence-electron chi connectivity index (χ0n) is 19.6. The molecule has 7 nitrogen and oxygen atoms in total. The fraction of sp³-hybridized carbons (Fsp3) is 0.480. The van der Waals surface area contributed by atoms with Gasteiger partial charge in [0.25, 0.3) is 0 Å². The molecule has 2 amide bonds. The smallest absolute Gasteiger partial charge is 0.319 e. The lowest BCUT2D eigenvalue weighted by Gasteiger charge is -2.45. The Morgan fingerprint density at radius 3 is 2.45 bits per heavy atom. The van der Waals surface area contributed by atoms with Gasteiger partial charge < -0.3 is 29.7 Å². The maximum Gasteiger partial charge on any atom is 0.319 e. The number of ether oxygens (including phenoxy) is 3. The van der Waals surface area contributed by atoms with Crippen molar-refractivity contribution >= 4 is 23.3 Å². The SMILES string of the molecule is COc1ccc(NC(=O)N[C@H]2CC[C@@]3(c4ccc(OC)c(OC)c4)CCN(C)[C@@H]3C2)cc1Cl. The van der Waals surface area contributed by atoms with Gasteiger partial charge in [-0.3, -0.25) is 0 Å². The Kier molecular flexibility index (Phi) is 6.91. The van der Waals surface area contributed by atoms with Gasteiger partial charge in [-0.25, -0.2) is 4.79 Å². The van der Waals surface area contributed by atoms with Crippen molar-refractivity contribution in [2.75, 3.05) is 40.2 Å². The molecule has 33 heavy (non-hydrogen) atoms. The molecular formula is C25H32ClN3O4. The van der Waals surface area contributed by atoms with E-state index in [0.29, 0.717) is 22.5 Å². The molecule has 3 atom stereocenters. The Morgan fingerprint density at radius 2 is 1.76 bits per heavy atom. The number of benzene rings is 2. The number of nitrogens with zero attached hydrogens (tertiary/aromatic N) is 1. The summed E-state index contributed by atoms with van der Waals surface area (Å²) in [6.07, 6.45) is 3.89. The number of carbonyl (C=O) groups excluding carboxylic acids is 1. The number of urea groups is 1. The summed E-state index contributed by atoms with van der Waals surface area (Å²) < 4.78 is 16.2. The molecule has 2 N–H and O–H groups in total. The van der Waals surface area contributed by atoms with Crippen molar-refractivity contribution in [1.29, 1.82) is 0 Å². The number of rotatable bonds is 6. The number of likely N-dealkylation sites (tertiary alicyclic amines) is 1. The molecule has 178 valence electrons. The highest BCUT2D eigenvalue weighted by Crippen LogP contribution is 2.49. The van der Waals surface area contributed by atoms with Crippen LogP contribution >= 0.6 is 11.6 Å². The first kappa shape index (κ1) is 23.5. The van der Waals surface area contributed by atoms with Crippen LogP contribution in [0.1, 0.15) is 31.2 Å². The first-order valence-corrected chi connectivity index (χ1v) is 11.6. The number of methoxy groups -OCH3 is 3. The summed E-state index contributed by atoms with van der Waals surface area (Å²) in [5, 5.41) is 6.51. The summed E-state index contributed by atoms with van der Waals surface area (Å²) in [5.41, 5.74) is 1.96. The molecule has 4 rings (SSSR count). The van der Waals surface area contributed by atoms with Crippen LogP contribution in [0.4, 0.5) is 10.5 Å². The largest absolute Gasteiger partial charge is 0.495 e. The van der Waals surface area contributed by atoms with Crippen molar-refractivity contribution < 1.29 is 19.0 Å². The normalized spacial score (nSPS) is 24.6. The van der Waals surface area contributed by atoms with Gasteiger partial charge in [0.1, 0.15) is 5.75 Å². The first-order chi connectivity index (χ1) is 15.9. The molecule has 1 heterocycles. The third-order valence-electron chi connectivity index (χ3n) is 7.23. The first-order valence-electron chi connectivity index (χ1n) is 11.2. The molecule has 2 aromatic carbocycles. The molecular weight excluding hydrogens is 442 g/mol. The summed E-state index contributed by atoms with van der Waals surface area (Å²) >= 11 is 6.18. The van der Waals surface area contributed by atoms with E-state index in [4.69, 9.17) is 25.8 Å². The summed E-state index contributed by atoms with van der Waals surface area (Å²) in [5.74, 6) is 2.08. The highest BCUT2D eigenvalue weighted by molar-refractivity contribution is 6.32. The molecule has 0 spiro atoms. The van der Waals surface area contributed by atoms with Crippen LogP contribution in [0.2, 0.25) is 5.02 Å². The van der Waals surface area contributed by atoms with Crippen molar-refractivity contribution in [3.8, 4) is 17.2 Å². The van der Waals surface area contributed by atoms with Crippen LogP contribution in [-0.2, 0) is 5.41 Å². The van der Waals surface area contributed by atoms with E-state index in [0.717, 1.165) is 43.7 Å². The van der Waals surface area contributed by atoms with Crippen LogP contribution in [0.15, 0.2) is 36.4 Å². The highest BCUT2D eigenvalue weighted by atomic mass is 35.5. The van der Waals surface area contributed by atoms with Gasteiger partial charge in [-0.15, -0.1) is 0 Å². The number of amides is 2. The molecule has 8 heteroatoms. The fourth-order valence-corrected chi connectivity index (χ4v) is 5.75. The number of halogens is 1. The fourth-order valence-electron chi connectivity index (χ4n) is 5.49. The van der Waals surface area contributed by atoms with Crippen LogP contribution in [0.3, 0.4) is 0 Å². The van der Waals surface area contributed by atoms with E-state index in [1.807, 2.05) is 6.07 Å². The zero-order chi connectivity index (χ0) is 23.6. The second-order valence-electron chi connectivity index (χ2n) is 8.89. The molecule has 1 aliphatic carbocycles. The van der Waals surface area contributed by atoms with Crippen molar-refractivity contribution in [2.24, 2.45) is 0 Å². The lowest BCUT2D eigenvalue weighted by atomic mass is 9.65. The van der Waals surface area contributed by atoms with Crippen LogP contribution < -0.4 is 24.8 Å². The molecule has 2 aliphatic rings. The van der Waals surface area contributed by atoms with Crippen LogP contribution in [0, 0.1) is 0 Å². The van der Waals surface area contributed by atoms with E-state index in [1.54, 1.807) is 39.5 Å². The Morgan fingerprint density at radius 1 is 1.03 bits per heavy atom. The number of hydrogen-bond acceptors (Lipinski definition) is 5. The number of carbonyl (C=O) groups is 1. The van der Waals surface area contributed by atoms with Crippen LogP contribution in [-0.4, -0.2) is 57.9 Å². The van der Waals surface area contributed by atoms with Gasteiger partial charge in [-0.1, -0.05) is 17.7 Å². The molecule has 2 aromatic rings. The number of anilines is 1. The van der Waals surface area contributed by atoms with Crippen molar-refractivity contribution in [2.45, 2.75) is 43.2 Å². The van der Waals surface area contributed by atoms with Crippen LogP contribution in [0.5, 0.6) is 17.2 Å². The van der Waals surface area contributed by atoms with Gasteiger partial charge in [0.2, 0.25) is 0 Å². The zero-order valence-corrected chi connectivity index (χ0v) is 20.4. The molecule has 0 radical (unpaired) electrons. The molecule has 1 saturated carbocycles. The average Bonchev–Trinajstić information content (AvgIpc) is 3.15. The standard InChI is InChI=1S/C25H32ClN3O4/c1-29-12-11-25(16-5-7-21(32-3)22(13-16)33-4)10-9-18(15-23(25)29)28-24(30)27-17-6-8-20(31-2)19(26)14-17/h5-8,13-14,18,23H,9-12,15H2,1-4H3,(H2,27,28,30)/t18-,23+,25-/m0/s1. The van der Waals surface area contributed by atoms with E-state index in [2.05, 4.69) is 34.7 Å². The van der Waals surface area contributed by atoms with E-state index >= 15 is 0 Å². The maximum absolute atomic E-state index is 12.7. The second kappa shape index (κ2) is 9.69. The summed E-state index contributed by atoms with van der Waals surface area (Å²) in [6, 6.07) is 11.7. The quantitative estimate of drug-likeness (QED) is 0.637. The predicted molar refractivity (Wildman–Crippen MR) is 130 cm³/mol. The van der Waals surface area contributed by atoms with Gasteiger partial charge in [0.05, 0.1) is 26.4 Å². The summed E-state index contributed by atoms with van der Waals surface area (Å²) in [4.78, 5) is 15.1. The Hall–Kier alpha value is -2.64. The van der Waals surface area contributed by atoms with E-state index in [9.17, 15) is 4.79 Å². The van der Waals surface area contributed by atoms with Crippen LogP contribution in [0.25, 0.3) is 0 Å². The number of hydrogen-bond donors (Lipinski definition) is 2. The summed E-state index contributed by atoms with van der Waals surface area (Å²) in [7, 11) is 7.07. The molecule has 0 aromatic heterocycles. The lowest BCUT2D eigenvalue weighted by Crippen LogP contribution is -2.52. The minimum atomic E-state index is -0.222. The van der Waals surface area contributed by atoms with Gasteiger partial charge in [-0.2, -0.15) is 0 Å². The number of nitrogens with one attached hydrogen (secondary N) is 2. The number of likely N-dealkylation sites (N-methyl/N-ethyl adjacent to an activating group) is 1. The molecule has 2 fully saturated rings. The van der Waals surface area contributed by atoms with Crippen molar-refractivity contribution in [1.82, 2.24) is 10.2 Å². The summed E-state index contributed by atoms with van der Waals surface area (Å²) in [6.45, 7) is 1.03. The third kappa shape index (κ3) is 4.57. The molecule has 0 unspecified atom stereocenters. The van der Waals surface area contributed by atoms with E-state index in [-0.39, 0.29) is 17.5 Å². The predicted octanol–water partition coefficient (Wildman–Crippen LogP) is 4.68. The highest BCUT2D eigenvalue weighted by Gasteiger charge is 2.50. The van der Waals surface area contributed by atoms with Gasteiger partial charge in [0.15, 0.2) is 11.5 Å². The Bertz CT molecular complexity index is 1020. The second-order valence-corrected chi connectivity index (χ2v) is 9.30. The van der Waals surface area contributed by atoms with E-state index < -0.39 is 0 Å². The topological polar surface area (TPSA) is 72.1 Å². The number of fused-ring (bicyclic) bond motifs is 1. The lowest BCUT2D eigenvalue weighted by molar-refractivity contribution is 0.156. The molecule has 0 bridgehead atoms. The maximum atomic E-state index is 12.7. The minimum Gasteiger partial charge on any atom is -0.495 e. The third-order valence-corrected chi connectivity index (χ3v) is 7.53. The average molecular weight is 474 g/mol. The van der Waals surface area contributed by atoms with Gasteiger partial charge in [-0.05, 0) is 75.2 Å². The van der Waals surface area contributed by atoms with Gasteiger partial charge >= 0.3 is 6.03 Å².